The molecule has 2 aromatic carbocycles. The Morgan fingerprint density at radius 2 is 1.88 bits per heavy atom. The fourth-order valence-corrected chi connectivity index (χ4v) is 5.22. The molecule has 1 saturated heterocycles. The Hall–Kier alpha value is -3.28. The van der Waals surface area contributed by atoms with E-state index < -0.39 is 5.41 Å². The van der Waals surface area contributed by atoms with Crippen LogP contribution in [-0.2, 0) is 26.2 Å². The minimum absolute atomic E-state index is 0.00621. The third-order valence-electron chi connectivity index (χ3n) is 7.17. The van der Waals surface area contributed by atoms with Crippen LogP contribution in [0.15, 0.2) is 60.7 Å². The zero-order chi connectivity index (χ0) is 24.1. The van der Waals surface area contributed by atoms with Crippen LogP contribution in [0, 0.1) is 5.82 Å². The van der Waals surface area contributed by atoms with Gasteiger partial charge in [-0.3, -0.25) is 9.59 Å². The first-order valence-corrected chi connectivity index (χ1v) is 11.9. The van der Waals surface area contributed by atoms with Gasteiger partial charge in [0.1, 0.15) is 5.82 Å². The summed E-state index contributed by atoms with van der Waals surface area (Å²) in [4.78, 5) is 39.3. The van der Waals surface area contributed by atoms with Crippen LogP contribution in [0.3, 0.4) is 0 Å². The fourth-order valence-electron chi connectivity index (χ4n) is 5.22. The predicted molar refractivity (Wildman–Crippen MR) is 127 cm³/mol. The Bertz CT molecular complexity index is 1090. The van der Waals surface area contributed by atoms with Crippen LogP contribution in [0.25, 0.3) is 0 Å². The van der Waals surface area contributed by atoms with Gasteiger partial charge in [0, 0.05) is 13.0 Å². The van der Waals surface area contributed by atoms with E-state index in [0.717, 1.165) is 24.0 Å². The van der Waals surface area contributed by atoms with Gasteiger partial charge >= 0.3 is 5.97 Å². The molecule has 6 heteroatoms. The normalized spacial score (nSPS) is 19.6. The first kappa shape index (κ1) is 23.9. The van der Waals surface area contributed by atoms with Crippen molar-refractivity contribution in [3.63, 3.8) is 0 Å². The second-order valence-electron chi connectivity index (χ2n) is 9.15. The van der Waals surface area contributed by atoms with Gasteiger partial charge in [-0.1, -0.05) is 43.2 Å². The molecule has 0 spiro atoms. The summed E-state index contributed by atoms with van der Waals surface area (Å²) in [5, 5.41) is 0. The molecule has 5 nitrogen and oxygen atoms in total. The van der Waals surface area contributed by atoms with E-state index in [-0.39, 0.29) is 29.5 Å². The smallest absolute Gasteiger partial charge is 0.337 e. The summed E-state index contributed by atoms with van der Waals surface area (Å²) < 4.78 is 18.6. The van der Waals surface area contributed by atoms with Crippen molar-refractivity contribution in [1.29, 1.82) is 0 Å². The van der Waals surface area contributed by atoms with Gasteiger partial charge in [-0.15, -0.1) is 0 Å². The topological polar surface area (TPSA) is 63.7 Å². The molecule has 1 aliphatic heterocycles. The number of methoxy groups -OCH3 is 1. The molecule has 0 aromatic heterocycles. The lowest BCUT2D eigenvalue weighted by Crippen LogP contribution is -2.35. The summed E-state index contributed by atoms with van der Waals surface area (Å²) in [5.41, 5.74) is 1.58. The van der Waals surface area contributed by atoms with E-state index >= 15 is 0 Å². The number of hydrogen-bond donors (Lipinski definition) is 0. The van der Waals surface area contributed by atoms with Gasteiger partial charge in [0.25, 0.3) is 0 Å². The van der Waals surface area contributed by atoms with E-state index in [0.29, 0.717) is 44.2 Å². The number of halogens is 1. The maximum Gasteiger partial charge on any atom is 0.337 e. The number of likely N-dealkylation sites (tertiary alicyclic amines) is 1. The Morgan fingerprint density at radius 1 is 1.15 bits per heavy atom. The van der Waals surface area contributed by atoms with Crippen molar-refractivity contribution in [3.8, 4) is 0 Å². The quantitative estimate of drug-likeness (QED) is 0.417. The van der Waals surface area contributed by atoms with Gasteiger partial charge in [-0.05, 0) is 67.2 Å². The van der Waals surface area contributed by atoms with Crippen molar-refractivity contribution in [1.82, 2.24) is 4.90 Å². The maximum absolute atomic E-state index is 13.9. The zero-order valence-electron chi connectivity index (χ0n) is 19.5. The molecule has 1 amide bonds. The largest absolute Gasteiger partial charge is 0.465 e. The molecular weight excluding hydrogens is 433 g/mol. The number of carbonyl (C=O) groups is 3. The highest BCUT2D eigenvalue weighted by molar-refractivity contribution is 5.99. The summed E-state index contributed by atoms with van der Waals surface area (Å²) in [7, 11) is 1.35. The summed E-state index contributed by atoms with van der Waals surface area (Å²) >= 11 is 0. The molecule has 0 radical (unpaired) electrons. The van der Waals surface area contributed by atoms with Gasteiger partial charge in [0.15, 0.2) is 5.78 Å². The molecule has 1 atom stereocenters. The second kappa shape index (κ2) is 10.3. The standard InChI is InChI=1S/C28H30FNO4/c1-34-27(33)21-9-7-20(8-10-21)15-18-30-24(12-14-26(30)32)11-13-25(31)28(16-2-3-17-28)22-5-4-6-23(29)19-22/h4-11,13,19,24H,2-3,12,14-18H2,1H3/b13-11+/t24-/m0/s1. The lowest BCUT2D eigenvalue weighted by atomic mass is 9.75. The van der Waals surface area contributed by atoms with Gasteiger partial charge in [-0.25, -0.2) is 9.18 Å². The van der Waals surface area contributed by atoms with Crippen LogP contribution in [0.4, 0.5) is 4.39 Å². The highest BCUT2D eigenvalue weighted by atomic mass is 19.1. The van der Waals surface area contributed by atoms with Gasteiger partial charge in [0.2, 0.25) is 5.91 Å². The molecule has 0 unspecified atom stereocenters. The molecule has 1 saturated carbocycles. The van der Waals surface area contributed by atoms with Crippen molar-refractivity contribution in [2.45, 2.75) is 56.4 Å². The van der Waals surface area contributed by atoms with Crippen LogP contribution < -0.4 is 0 Å². The Morgan fingerprint density at radius 3 is 2.56 bits per heavy atom. The minimum atomic E-state index is -0.673. The van der Waals surface area contributed by atoms with Crippen LogP contribution in [0.5, 0.6) is 0 Å². The second-order valence-corrected chi connectivity index (χ2v) is 9.15. The fraction of sp³-hybridized carbons (Fsp3) is 0.393. The van der Waals surface area contributed by atoms with Crippen LogP contribution in [0.2, 0.25) is 0 Å². The SMILES string of the molecule is COC(=O)c1ccc(CCN2C(=O)CC[C@@H]2/C=C/C(=O)C2(c3cccc(F)c3)CCCC2)cc1. The van der Waals surface area contributed by atoms with Crippen molar-refractivity contribution in [2.24, 2.45) is 0 Å². The van der Waals surface area contributed by atoms with E-state index in [2.05, 4.69) is 0 Å². The van der Waals surface area contributed by atoms with Crippen LogP contribution >= 0.6 is 0 Å². The van der Waals surface area contributed by atoms with Crippen molar-refractivity contribution in [3.05, 3.63) is 83.2 Å². The number of carbonyl (C=O) groups excluding carboxylic acids is 3. The third-order valence-corrected chi connectivity index (χ3v) is 7.17. The number of nitrogens with zero attached hydrogens (tertiary/aromatic N) is 1. The lowest BCUT2D eigenvalue weighted by Gasteiger charge is -2.27. The van der Waals surface area contributed by atoms with Gasteiger partial charge in [0.05, 0.1) is 24.1 Å². The maximum atomic E-state index is 13.9. The van der Waals surface area contributed by atoms with E-state index in [9.17, 15) is 18.8 Å². The summed E-state index contributed by atoms with van der Waals surface area (Å²) in [5.74, 6) is -0.635. The molecule has 34 heavy (non-hydrogen) atoms. The highest BCUT2D eigenvalue weighted by Gasteiger charge is 2.41. The third kappa shape index (κ3) is 4.96. The van der Waals surface area contributed by atoms with Gasteiger partial charge < -0.3 is 9.64 Å². The van der Waals surface area contributed by atoms with E-state index in [1.807, 2.05) is 29.2 Å². The average molecular weight is 464 g/mol. The van der Waals surface area contributed by atoms with Crippen molar-refractivity contribution in [2.75, 3.05) is 13.7 Å². The Balaban J connectivity index is 1.43. The molecule has 2 aromatic rings. The number of benzene rings is 2. The molecule has 1 aliphatic carbocycles. The first-order valence-electron chi connectivity index (χ1n) is 11.9. The zero-order valence-corrected chi connectivity index (χ0v) is 19.5. The lowest BCUT2D eigenvalue weighted by molar-refractivity contribution is -0.128. The summed E-state index contributed by atoms with van der Waals surface area (Å²) in [6, 6.07) is 13.4. The minimum Gasteiger partial charge on any atom is -0.465 e. The first-order chi connectivity index (χ1) is 16.4. The number of ketones is 1. The summed E-state index contributed by atoms with van der Waals surface area (Å²) in [6.07, 6.45) is 8.58. The van der Waals surface area contributed by atoms with Crippen molar-refractivity contribution < 1.29 is 23.5 Å². The van der Waals surface area contributed by atoms with Gasteiger partial charge in [-0.2, -0.15) is 0 Å². The molecule has 0 bridgehead atoms. The van der Waals surface area contributed by atoms with Crippen molar-refractivity contribution >= 4 is 17.7 Å². The average Bonchev–Trinajstić information content (AvgIpc) is 3.49. The van der Waals surface area contributed by atoms with E-state index in [4.69, 9.17) is 4.74 Å². The summed E-state index contributed by atoms with van der Waals surface area (Å²) in [6.45, 7) is 0.536. The number of allylic oxidation sites excluding steroid dienone is 1. The molecule has 178 valence electrons. The number of esters is 1. The highest BCUT2D eigenvalue weighted by Crippen LogP contribution is 2.42. The van der Waals surface area contributed by atoms with E-state index in [1.165, 1.54) is 19.2 Å². The molecule has 4 rings (SSSR count). The monoisotopic (exact) mass is 463 g/mol. The van der Waals surface area contributed by atoms with E-state index in [1.54, 1.807) is 24.3 Å². The number of hydrogen-bond acceptors (Lipinski definition) is 4. The molecular formula is C28H30FNO4. The van der Waals surface area contributed by atoms with Crippen LogP contribution in [0.1, 0.15) is 60.0 Å². The molecule has 0 N–H and O–H groups in total. The Labute approximate surface area is 199 Å². The Kier molecular flexibility index (Phi) is 7.25. The molecule has 1 heterocycles. The number of rotatable bonds is 8. The van der Waals surface area contributed by atoms with Crippen LogP contribution in [-0.4, -0.2) is 42.3 Å². The number of ether oxygens (including phenoxy) is 1. The molecule has 2 fully saturated rings. The predicted octanol–water partition coefficient (Wildman–Crippen LogP) is 4.78. The number of amides is 1. The molecule has 2 aliphatic rings.